The minimum absolute atomic E-state index is 0. The van der Waals surface area contributed by atoms with Crippen molar-refractivity contribution < 1.29 is 9.47 Å². The van der Waals surface area contributed by atoms with Crippen molar-refractivity contribution in [2.24, 2.45) is 5.73 Å². The van der Waals surface area contributed by atoms with Crippen molar-refractivity contribution in [3.8, 4) is 0 Å². The topological polar surface area (TPSA) is 44.5 Å². The lowest BCUT2D eigenvalue weighted by atomic mass is 10.0. The molecule has 0 saturated carbocycles. The predicted molar refractivity (Wildman–Crippen MR) is 199 cm³/mol. The summed E-state index contributed by atoms with van der Waals surface area (Å²) in [4.78, 5) is 0. The van der Waals surface area contributed by atoms with E-state index in [1.807, 2.05) is 0 Å². The Morgan fingerprint density at radius 3 is 0.907 bits per heavy atom. The first kappa shape index (κ1) is 45.5. The number of hydrogen-bond donors (Lipinski definition) is 1. The first-order valence-corrected chi connectivity index (χ1v) is 19.7. The van der Waals surface area contributed by atoms with Crippen LogP contribution < -0.4 is 5.73 Å². The number of ether oxygens (including phenoxy) is 2. The zero-order chi connectivity index (χ0) is 30.4. The Balaban J connectivity index is 0. The zero-order valence-corrected chi connectivity index (χ0v) is 31.5. The molecule has 0 aliphatic heterocycles. The van der Waals surface area contributed by atoms with E-state index in [1.165, 1.54) is 199 Å². The van der Waals surface area contributed by atoms with Crippen molar-refractivity contribution in [3.63, 3.8) is 0 Å². The third-order valence-electron chi connectivity index (χ3n) is 9.06. The highest BCUT2D eigenvalue weighted by Gasteiger charge is 2.07. The summed E-state index contributed by atoms with van der Waals surface area (Å²) < 4.78 is 11.9. The monoisotopic (exact) mass is 676 g/mol. The normalized spacial score (nSPS) is 12.1. The molecule has 4 heteroatoms. The molecule has 3 nitrogen and oxygen atoms in total. The van der Waals surface area contributed by atoms with Crippen LogP contribution in [0.2, 0.25) is 0 Å². The van der Waals surface area contributed by atoms with E-state index in [-0.39, 0.29) is 23.1 Å². The summed E-state index contributed by atoms with van der Waals surface area (Å²) in [5, 5.41) is 0. The van der Waals surface area contributed by atoms with Crippen molar-refractivity contribution in [2.45, 2.75) is 225 Å². The van der Waals surface area contributed by atoms with E-state index in [9.17, 15) is 0 Å². The highest BCUT2D eigenvalue weighted by atomic mass is 79.9. The molecule has 2 N–H and O–H groups in total. The van der Waals surface area contributed by atoms with E-state index in [0.29, 0.717) is 13.2 Å². The summed E-state index contributed by atoms with van der Waals surface area (Å²) in [5.74, 6) is 0. The van der Waals surface area contributed by atoms with Gasteiger partial charge in [0.1, 0.15) is 0 Å². The highest BCUT2D eigenvalue weighted by Crippen LogP contribution is 2.15. The maximum Gasteiger partial charge on any atom is 0.0930 e. The molecule has 0 heterocycles. The number of unbranched alkanes of at least 4 members (excludes halogenated alkanes) is 30. The van der Waals surface area contributed by atoms with Gasteiger partial charge in [0, 0.05) is 19.8 Å². The molecule has 0 spiro atoms. The molecule has 1 atom stereocenters. The standard InChI is InChI=1S/C39H81NO2.BrH/c1-3-5-7-9-11-13-15-17-19-21-23-25-27-29-31-33-35-41-38-39(37-40)42-36-34-32-30-28-26-24-22-20-18-16-14-12-10-8-6-4-2;/h39H,3-38,40H2,1-2H3;1H. The maximum absolute atomic E-state index is 5.99. The van der Waals surface area contributed by atoms with Crippen LogP contribution >= 0.6 is 17.0 Å². The lowest BCUT2D eigenvalue weighted by molar-refractivity contribution is -0.0136. The molecular formula is C39H82BrNO2. The summed E-state index contributed by atoms with van der Waals surface area (Å²) in [6, 6.07) is 0. The van der Waals surface area contributed by atoms with E-state index >= 15 is 0 Å². The molecule has 0 aliphatic rings. The molecule has 0 aliphatic carbocycles. The van der Waals surface area contributed by atoms with Gasteiger partial charge in [-0.15, -0.1) is 17.0 Å². The van der Waals surface area contributed by atoms with Crippen molar-refractivity contribution in [1.29, 1.82) is 0 Å². The molecule has 262 valence electrons. The van der Waals surface area contributed by atoms with Gasteiger partial charge < -0.3 is 15.2 Å². The summed E-state index contributed by atoms with van der Waals surface area (Å²) in [5.41, 5.74) is 5.92. The third-order valence-corrected chi connectivity index (χ3v) is 9.06. The number of rotatable bonds is 38. The minimum atomic E-state index is 0. The van der Waals surface area contributed by atoms with E-state index in [2.05, 4.69) is 13.8 Å². The minimum Gasteiger partial charge on any atom is -0.379 e. The average Bonchev–Trinajstić information content (AvgIpc) is 3.00. The molecule has 0 amide bonds. The molecule has 0 bridgehead atoms. The van der Waals surface area contributed by atoms with Gasteiger partial charge in [0.25, 0.3) is 0 Å². The van der Waals surface area contributed by atoms with Crippen molar-refractivity contribution >= 4 is 17.0 Å². The van der Waals surface area contributed by atoms with Crippen molar-refractivity contribution in [3.05, 3.63) is 0 Å². The van der Waals surface area contributed by atoms with Crippen LogP contribution in [0, 0.1) is 0 Å². The molecule has 1 unspecified atom stereocenters. The van der Waals surface area contributed by atoms with E-state index in [1.54, 1.807) is 0 Å². The van der Waals surface area contributed by atoms with Gasteiger partial charge in [0.2, 0.25) is 0 Å². The number of halogens is 1. The Bertz CT molecular complexity index is 465. The zero-order valence-electron chi connectivity index (χ0n) is 29.8. The number of nitrogens with two attached hydrogens (primary N) is 1. The van der Waals surface area contributed by atoms with E-state index < -0.39 is 0 Å². The van der Waals surface area contributed by atoms with Crippen LogP contribution in [0.5, 0.6) is 0 Å². The van der Waals surface area contributed by atoms with Crippen LogP contribution in [0.3, 0.4) is 0 Å². The Kier molecular flexibility index (Phi) is 44.8. The average molecular weight is 677 g/mol. The van der Waals surface area contributed by atoms with Gasteiger partial charge >= 0.3 is 0 Å². The Morgan fingerprint density at radius 2 is 0.628 bits per heavy atom. The number of hydrogen-bond acceptors (Lipinski definition) is 3. The second-order valence-electron chi connectivity index (χ2n) is 13.4. The lowest BCUT2D eigenvalue weighted by Crippen LogP contribution is -2.29. The fourth-order valence-electron chi connectivity index (χ4n) is 6.05. The van der Waals surface area contributed by atoms with Crippen molar-refractivity contribution in [1.82, 2.24) is 0 Å². The fraction of sp³-hybridized carbons (Fsp3) is 1.00. The summed E-state index contributed by atoms with van der Waals surface area (Å²) >= 11 is 0. The third kappa shape index (κ3) is 40.3. The Labute approximate surface area is 283 Å². The van der Waals surface area contributed by atoms with Crippen LogP contribution in [-0.4, -0.2) is 32.5 Å². The first-order chi connectivity index (χ1) is 20.8. The molecule has 0 aromatic rings. The summed E-state index contributed by atoms with van der Waals surface area (Å²) in [6.07, 6.45) is 45.0. The van der Waals surface area contributed by atoms with Gasteiger partial charge in [-0.3, -0.25) is 0 Å². The summed E-state index contributed by atoms with van der Waals surface area (Å²) in [7, 11) is 0. The van der Waals surface area contributed by atoms with Crippen LogP contribution in [0.4, 0.5) is 0 Å². The molecule has 0 radical (unpaired) electrons. The first-order valence-electron chi connectivity index (χ1n) is 19.7. The van der Waals surface area contributed by atoms with Crippen molar-refractivity contribution in [2.75, 3.05) is 26.4 Å². The van der Waals surface area contributed by atoms with Crippen LogP contribution in [-0.2, 0) is 9.47 Å². The second kappa shape index (κ2) is 42.4. The van der Waals surface area contributed by atoms with Crippen LogP contribution in [0.15, 0.2) is 0 Å². The molecular weight excluding hydrogens is 594 g/mol. The Hall–Kier alpha value is 0.360. The molecule has 0 aromatic heterocycles. The second-order valence-corrected chi connectivity index (χ2v) is 13.4. The van der Waals surface area contributed by atoms with Gasteiger partial charge in [-0.05, 0) is 12.8 Å². The highest BCUT2D eigenvalue weighted by molar-refractivity contribution is 8.93. The maximum atomic E-state index is 5.99. The summed E-state index contributed by atoms with van der Waals surface area (Å²) in [6.45, 7) is 7.52. The SMILES string of the molecule is Br.CCCCCCCCCCCCCCCCCCOCC(CN)OCCCCCCCCCCCCCCCCCC. The van der Waals surface area contributed by atoms with E-state index in [4.69, 9.17) is 15.2 Å². The fourth-order valence-corrected chi connectivity index (χ4v) is 6.05. The van der Waals surface area contributed by atoms with Gasteiger partial charge in [0.05, 0.1) is 12.7 Å². The van der Waals surface area contributed by atoms with Gasteiger partial charge in [0.15, 0.2) is 0 Å². The van der Waals surface area contributed by atoms with Gasteiger partial charge in [-0.1, -0.05) is 206 Å². The molecule has 0 aromatic carbocycles. The largest absolute Gasteiger partial charge is 0.379 e. The molecule has 0 fully saturated rings. The lowest BCUT2D eigenvalue weighted by Gasteiger charge is -2.16. The molecule has 0 saturated heterocycles. The van der Waals surface area contributed by atoms with E-state index in [0.717, 1.165) is 19.6 Å². The molecule has 43 heavy (non-hydrogen) atoms. The van der Waals surface area contributed by atoms with Crippen LogP contribution in [0.25, 0.3) is 0 Å². The van der Waals surface area contributed by atoms with Gasteiger partial charge in [-0.25, -0.2) is 0 Å². The quantitative estimate of drug-likeness (QED) is 0.0662. The van der Waals surface area contributed by atoms with Crippen LogP contribution in [0.1, 0.15) is 219 Å². The predicted octanol–water partition coefficient (Wildman–Crippen LogP) is 13.4. The smallest absolute Gasteiger partial charge is 0.0930 e. The van der Waals surface area contributed by atoms with Gasteiger partial charge in [-0.2, -0.15) is 0 Å². The Morgan fingerprint density at radius 1 is 0.372 bits per heavy atom. The molecule has 0 rings (SSSR count).